The van der Waals surface area contributed by atoms with E-state index in [9.17, 15) is 9.90 Å². The number of carboxylic acid groups (broad SMARTS) is 1. The Labute approximate surface area is 119 Å². The zero-order chi connectivity index (χ0) is 14.3. The lowest BCUT2D eigenvalue weighted by atomic mass is 9.80. The van der Waals surface area contributed by atoms with Crippen LogP contribution in [0, 0.1) is 11.8 Å². The molecule has 0 spiro atoms. The van der Waals surface area contributed by atoms with E-state index in [4.69, 9.17) is 0 Å². The van der Waals surface area contributed by atoms with Gasteiger partial charge in [0.05, 0.1) is 11.1 Å². The van der Waals surface area contributed by atoms with Crippen molar-refractivity contribution >= 4 is 16.9 Å². The van der Waals surface area contributed by atoms with Gasteiger partial charge in [-0.2, -0.15) is 0 Å². The fraction of sp³-hybridized carbons (Fsp3) is 0.471. The molecule has 1 aromatic carbocycles. The zero-order valence-electron chi connectivity index (χ0n) is 12.0. The van der Waals surface area contributed by atoms with Gasteiger partial charge in [-0.05, 0) is 43.2 Å². The van der Waals surface area contributed by atoms with Crippen molar-refractivity contribution < 1.29 is 9.90 Å². The van der Waals surface area contributed by atoms with Gasteiger partial charge in [0.1, 0.15) is 0 Å². The smallest absolute Gasteiger partial charge is 0.337 e. The fourth-order valence-electron chi connectivity index (χ4n) is 3.83. The SMILES string of the molecule is CC1CC(C)CC(n2ccc3cccc(C(=O)O)c32)C1. The molecule has 0 saturated heterocycles. The molecule has 1 heterocycles. The number of fused-ring (bicyclic) bond motifs is 1. The summed E-state index contributed by atoms with van der Waals surface area (Å²) in [6.07, 6.45) is 5.62. The third kappa shape index (κ3) is 2.21. The summed E-state index contributed by atoms with van der Waals surface area (Å²) in [5, 5.41) is 10.4. The molecule has 0 amide bonds. The minimum atomic E-state index is -0.840. The Morgan fingerprint density at radius 3 is 2.50 bits per heavy atom. The summed E-state index contributed by atoms with van der Waals surface area (Å²) >= 11 is 0. The number of aromatic carboxylic acids is 1. The molecule has 1 saturated carbocycles. The average Bonchev–Trinajstić information content (AvgIpc) is 2.80. The molecule has 3 nitrogen and oxygen atoms in total. The Balaban J connectivity index is 2.09. The first-order valence-corrected chi connectivity index (χ1v) is 7.39. The summed E-state index contributed by atoms with van der Waals surface area (Å²) in [5.74, 6) is 0.573. The summed E-state index contributed by atoms with van der Waals surface area (Å²) < 4.78 is 2.20. The minimum Gasteiger partial charge on any atom is -0.478 e. The molecular weight excluding hydrogens is 250 g/mol. The third-order valence-corrected chi connectivity index (χ3v) is 4.52. The number of hydrogen-bond acceptors (Lipinski definition) is 1. The molecule has 20 heavy (non-hydrogen) atoms. The predicted molar refractivity (Wildman–Crippen MR) is 80.1 cm³/mol. The average molecular weight is 271 g/mol. The van der Waals surface area contributed by atoms with Crippen LogP contribution in [0.1, 0.15) is 49.5 Å². The van der Waals surface area contributed by atoms with E-state index >= 15 is 0 Å². The number of benzene rings is 1. The van der Waals surface area contributed by atoms with Crippen molar-refractivity contribution in [2.45, 2.75) is 39.2 Å². The maximum Gasteiger partial charge on any atom is 0.337 e. The van der Waals surface area contributed by atoms with E-state index in [-0.39, 0.29) is 0 Å². The monoisotopic (exact) mass is 271 g/mol. The van der Waals surface area contributed by atoms with Gasteiger partial charge in [0.25, 0.3) is 0 Å². The highest BCUT2D eigenvalue weighted by Gasteiger charge is 2.26. The quantitative estimate of drug-likeness (QED) is 0.883. The maximum atomic E-state index is 11.5. The molecule has 2 atom stereocenters. The van der Waals surface area contributed by atoms with E-state index in [0.29, 0.717) is 23.4 Å². The number of hydrogen-bond donors (Lipinski definition) is 1. The predicted octanol–water partition coefficient (Wildman–Crippen LogP) is 4.34. The number of nitrogens with zero attached hydrogens (tertiary/aromatic N) is 1. The second-order valence-electron chi connectivity index (χ2n) is 6.34. The van der Waals surface area contributed by atoms with Gasteiger partial charge < -0.3 is 9.67 Å². The highest BCUT2D eigenvalue weighted by atomic mass is 16.4. The van der Waals surface area contributed by atoms with Crippen LogP contribution in [0.15, 0.2) is 30.5 Å². The molecule has 1 aromatic heterocycles. The van der Waals surface area contributed by atoms with E-state index in [1.807, 2.05) is 18.2 Å². The van der Waals surface area contributed by atoms with Crippen LogP contribution in [0.5, 0.6) is 0 Å². The van der Waals surface area contributed by atoms with Crippen molar-refractivity contribution in [3.63, 3.8) is 0 Å². The number of para-hydroxylation sites is 1. The van der Waals surface area contributed by atoms with Crippen molar-refractivity contribution in [2.75, 3.05) is 0 Å². The molecule has 0 aliphatic heterocycles. The van der Waals surface area contributed by atoms with Crippen LogP contribution in [0.3, 0.4) is 0 Å². The Hall–Kier alpha value is -1.77. The highest BCUT2D eigenvalue weighted by Crippen LogP contribution is 2.38. The first-order chi connectivity index (χ1) is 9.56. The lowest BCUT2D eigenvalue weighted by Gasteiger charge is -2.33. The Bertz CT molecular complexity index is 633. The number of aromatic nitrogens is 1. The van der Waals surface area contributed by atoms with Crippen LogP contribution >= 0.6 is 0 Å². The Morgan fingerprint density at radius 2 is 1.85 bits per heavy atom. The van der Waals surface area contributed by atoms with Gasteiger partial charge in [0.2, 0.25) is 0 Å². The molecule has 3 rings (SSSR count). The van der Waals surface area contributed by atoms with Gasteiger partial charge in [-0.3, -0.25) is 0 Å². The molecule has 2 unspecified atom stereocenters. The second-order valence-corrected chi connectivity index (χ2v) is 6.34. The summed E-state index contributed by atoms with van der Waals surface area (Å²) in [6, 6.07) is 7.98. The van der Waals surface area contributed by atoms with E-state index in [1.54, 1.807) is 6.07 Å². The van der Waals surface area contributed by atoms with Crippen LogP contribution in [0.4, 0.5) is 0 Å². The fourth-order valence-corrected chi connectivity index (χ4v) is 3.83. The third-order valence-electron chi connectivity index (χ3n) is 4.52. The largest absolute Gasteiger partial charge is 0.478 e. The van der Waals surface area contributed by atoms with Crippen LogP contribution in [0.2, 0.25) is 0 Å². The molecule has 3 heteroatoms. The minimum absolute atomic E-state index is 0.415. The van der Waals surface area contributed by atoms with Crippen molar-refractivity contribution in [1.29, 1.82) is 0 Å². The van der Waals surface area contributed by atoms with E-state index in [1.165, 1.54) is 6.42 Å². The van der Waals surface area contributed by atoms with Crippen molar-refractivity contribution in [3.8, 4) is 0 Å². The Morgan fingerprint density at radius 1 is 1.15 bits per heavy atom. The lowest BCUT2D eigenvalue weighted by Crippen LogP contribution is -2.22. The van der Waals surface area contributed by atoms with Crippen LogP contribution in [0.25, 0.3) is 10.9 Å². The normalized spacial score (nSPS) is 26.8. The molecule has 1 fully saturated rings. The van der Waals surface area contributed by atoms with Gasteiger partial charge in [-0.1, -0.05) is 26.0 Å². The van der Waals surface area contributed by atoms with E-state index in [2.05, 4.69) is 24.6 Å². The topological polar surface area (TPSA) is 42.2 Å². The maximum absolute atomic E-state index is 11.5. The van der Waals surface area contributed by atoms with Gasteiger partial charge in [0.15, 0.2) is 0 Å². The van der Waals surface area contributed by atoms with Gasteiger partial charge in [0, 0.05) is 17.6 Å². The molecule has 2 aromatic rings. The molecule has 0 radical (unpaired) electrons. The molecule has 1 N–H and O–H groups in total. The highest BCUT2D eigenvalue weighted by molar-refractivity contribution is 6.02. The lowest BCUT2D eigenvalue weighted by molar-refractivity contribution is 0.0698. The summed E-state index contributed by atoms with van der Waals surface area (Å²) in [6.45, 7) is 4.60. The first kappa shape index (κ1) is 13.2. The van der Waals surface area contributed by atoms with E-state index < -0.39 is 5.97 Å². The summed E-state index contributed by atoms with van der Waals surface area (Å²) in [7, 11) is 0. The molecule has 1 aliphatic carbocycles. The van der Waals surface area contributed by atoms with Gasteiger partial charge in [-0.25, -0.2) is 4.79 Å². The molecule has 106 valence electrons. The van der Waals surface area contributed by atoms with Gasteiger partial charge in [-0.15, -0.1) is 0 Å². The standard InChI is InChI=1S/C17H21NO2/c1-11-8-12(2)10-14(9-11)18-7-6-13-4-3-5-15(16(13)18)17(19)20/h3-7,11-12,14H,8-10H2,1-2H3,(H,19,20). The number of rotatable bonds is 2. The second kappa shape index (κ2) is 4.97. The molecular formula is C17H21NO2. The first-order valence-electron chi connectivity index (χ1n) is 7.39. The van der Waals surface area contributed by atoms with Crippen molar-refractivity contribution in [3.05, 3.63) is 36.0 Å². The number of carboxylic acids is 1. The van der Waals surface area contributed by atoms with Crippen molar-refractivity contribution in [1.82, 2.24) is 4.57 Å². The Kier molecular flexibility index (Phi) is 3.28. The van der Waals surface area contributed by atoms with Gasteiger partial charge >= 0.3 is 5.97 Å². The summed E-state index contributed by atoms with van der Waals surface area (Å²) in [4.78, 5) is 11.5. The molecule has 1 aliphatic rings. The van der Waals surface area contributed by atoms with Crippen LogP contribution < -0.4 is 0 Å². The van der Waals surface area contributed by atoms with Crippen LogP contribution in [-0.2, 0) is 0 Å². The molecule has 0 bridgehead atoms. The zero-order valence-corrected chi connectivity index (χ0v) is 12.0. The number of carbonyl (C=O) groups is 1. The van der Waals surface area contributed by atoms with Crippen molar-refractivity contribution in [2.24, 2.45) is 11.8 Å². The van der Waals surface area contributed by atoms with E-state index in [0.717, 1.165) is 23.7 Å². The van der Waals surface area contributed by atoms with Crippen LogP contribution in [-0.4, -0.2) is 15.6 Å². The summed E-state index contributed by atoms with van der Waals surface area (Å²) in [5.41, 5.74) is 1.30.